The first kappa shape index (κ1) is 19.5. The van der Waals surface area contributed by atoms with Gasteiger partial charge in [-0.05, 0) is 55.6 Å². The largest absolute Gasteiger partial charge is 0.480 e. The van der Waals surface area contributed by atoms with Crippen LogP contribution in [0.3, 0.4) is 0 Å². The number of piperidine rings is 1. The SMILES string of the molecule is CN1CCC(COCc2cccnc2)CC12CN(C(=O)C1Cc3ccccc3O1)C2. The first-order chi connectivity index (χ1) is 14.6. The first-order valence-corrected chi connectivity index (χ1v) is 10.8. The van der Waals surface area contributed by atoms with E-state index < -0.39 is 0 Å². The number of nitrogens with zero attached hydrogens (tertiary/aromatic N) is 3. The Bertz CT molecular complexity index is 873. The van der Waals surface area contributed by atoms with E-state index in [0.29, 0.717) is 18.9 Å². The molecule has 3 aliphatic rings. The van der Waals surface area contributed by atoms with Gasteiger partial charge in [-0.15, -0.1) is 0 Å². The van der Waals surface area contributed by atoms with Crippen LogP contribution < -0.4 is 4.74 Å². The number of amides is 1. The molecular weight excluding hydrogens is 378 g/mol. The summed E-state index contributed by atoms with van der Waals surface area (Å²) >= 11 is 0. The molecule has 1 aromatic heterocycles. The maximum absolute atomic E-state index is 13.0. The van der Waals surface area contributed by atoms with Gasteiger partial charge in [-0.1, -0.05) is 24.3 Å². The van der Waals surface area contributed by atoms with Crippen molar-refractivity contribution in [3.8, 4) is 5.75 Å². The highest BCUT2D eigenvalue weighted by atomic mass is 16.5. The summed E-state index contributed by atoms with van der Waals surface area (Å²) in [5.74, 6) is 1.51. The van der Waals surface area contributed by atoms with Crippen LogP contribution >= 0.6 is 0 Å². The smallest absolute Gasteiger partial charge is 0.264 e. The fourth-order valence-electron chi connectivity index (χ4n) is 5.09. The third kappa shape index (κ3) is 3.70. The quantitative estimate of drug-likeness (QED) is 0.762. The summed E-state index contributed by atoms with van der Waals surface area (Å²) in [6, 6.07) is 11.9. The number of pyridine rings is 1. The van der Waals surface area contributed by atoms with Gasteiger partial charge in [-0.2, -0.15) is 0 Å². The van der Waals surface area contributed by atoms with Gasteiger partial charge in [0.1, 0.15) is 5.75 Å². The minimum absolute atomic E-state index is 0.0850. The normalized spacial score (nSPS) is 24.9. The number of carbonyl (C=O) groups is 1. The van der Waals surface area contributed by atoms with E-state index in [1.54, 1.807) is 6.20 Å². The second kappa shape index (κ2) is 8.00. The van der Waals surface area contributed by atoms with Crippen LogP contribution in [0.4, 0.5) is 0 Å². The zero-order chi connectivity index (χ0) is 20.6. The Labute approximate surface area is 177 Å². The number of benzene rings is 1. The van der Waals surface area contributed by atoms with Crippen molar-refractivity contribution in [2.75, 3.05) is 33.3 Å². The number of rotatable bonds is 5. The van der Waals surface area contributed by atoms with Crippen LogP contribution in [0.1, 0.15) is 24.0 Å². The maximum Gasteiger partial charge on any atom is 0.264 e. The Balaban J connectivity index is 1.13. The lowest BCUT2D eigenvalue weighted by molar-refractivity contribution is -0.157. The molecule has 158 valence electrons. The highest BCUT2D eigenvalue weighted by molar-refractivity contribution is 5.83. The monoisotopic (exact) mass is 407 g/mol. The van der Waals surface area contributed by atoms with Gasteiger partial charge in [0.15, 0.2) is 6.10 Å². The number of para-hydroxylation sites is 1. The van der Waals surface area contributed by atoms with E-state index in [1.807, 2.05) is 47.5 Å². The van der Waals surface area contributed by atoms with Gasteiger partial charge >= 0.3 is 0 Å². The molecule has 1 amide bonds. The Morgan fingerprint density at radius 1 is 1.27 bits per heavy atom. The van der Waals surface area contributed by atoms with Gasteiger partial charge in [0.25, 0.3) is 5.91 Å². The second-order valence-corrected chi connectivity index (χ2v) is 8.99. The van der Waals surface area contributed by atoms with Crippen LogP contribution in [0, 0.1) is 5.92 Å². The van der Waals surface area contributed by atoms with E-state index in [-0.39, 0.29) is 17.6 Å². The predicted molar refractivity (Wildman–Crippen MR) is 113 cm³/mol. The third-order valence-corrected chi connectivity index (χ3v) is 6.90. The number of ether oxygens (including phenoxy) is 2. The van der Waals surface area contributed by atoms with E-state index in [4.69, 9.17) is 9.47 Å². The van der Waals surface area contributed by atoms with Gasteiger partial charge in [-0.25, -0.2) is 0 Å². The van der Waals surface area contributed by atoms with Crippen LogP contribution in [0.2, 0.25) is 0 Å². The number of aromatic nitrogens is 1. The number of hydrogen-bond acceptors (Lipinski definition) is 5. The molecule has 2 saturated heterocycles. The van der Waals surface area contributed by atoms with Crippen LogP contribution in [0.5, 0.6) is 5.75 Å². The molecule has 4 heterocycles. The minimum atomic E-state index is -0.368. The third-order valence-electron chi connectivity index (χ3n) is 6.90. The number of likely N-dealkylation sites (N-methyl/N-ethyl adjacent to an activating group) is 1. The molecule has 5 rings (SSSR count). The zero-order valence-electron chi connectivity index (χ0n) is 17.5. The molecule has 30 heavy (non-hydrogen) atoms. The molecular formula is C24H29N3O3. The van der Waals surface area contributed by atoms with Gasteiger partial charge in [0, 0.05) is 38.5 Å². The lowest BCUT2D eigenvalue weighted by Crippen LogP contribution is -2.73. The van der Waals surface area contributed by atoms with Crippen molar-refractivity contribution in [1.29, 1.82) is 0 Å². The molecule has 1 spiro atoms. The van der Waals surface area contributed by atoms with Crippen molar-refractivity contribution >= 4 is 5.91 Å². The molecule has 3 aliphatic heterocycles. The summed E-state index contributed by atoms with van der Waals surface area (Å²) in [6.07, 6.45) is 6.16. The lowest BCUT2D eigenvalue weighted by atomic mass is 9.75. The Hall–Kier alpha value is -2.44. The second-order valence-electron chi connectivity index (χ2n) is 8.99. The summed E-state index contributed by atoms with van der Waals surface area (Å²) in [5.41, 5.74) is 2.33. The molecule has 1 aromatic carbocycles. The Morgan fingerprint density at radius 3 is 2.93 bits per heavy atom. The van der Waals surface area contributed by atoms with E-state index in [0.717, 1.165) is 56.0 Å². The molecule has 0 radical (unpaired) electrons. The summed E-state index contributed by atoms with van der Waals surface area (Å²) < 4.78 is 11.9. The first-order valence-electron chi connectivity index (χ1n) is 10.8. The number of carbonyl (C=O) groups excluding carboxylic acids is 1. The maximum atomic E-state index is 13.0. The molecule has 2 fully saturated rings. The van der Waals surface area contributed by atoms with E-state index >= 15 is 0 Å². The van der Waals surface area contributed by atoms with Crippen molar-refractivity contribution in [2.45, 2.75) is 37.5 Å². The van der Waals surface area contributed by atoms with Crippen molar-refractivity contribution in [1.82, 2.24) is 14.8 Å². The molecule has 0 bridgehead atoms. The summed E-state index contributed by atoms with van der Waals surface area (Å²) in [6.45, 7) is 4.00. The summed E-state index contributed by atoms with van der Waals surface area (Å²) in [7, 11) is 2.19. The summed E-state index contributed by atoms with van der Waals surface area (Å²) in [5, 5.41) is 0. The van der Waals surface area contributed by atoms with E-state index in [9.17, 15) is 4.79 Å². The van der Waals surface area contributed by atoms with Crippen LogP contribution in [0.25, 0.3) is 0 Å². The molecule has 6 heteroatoms. The molecule has 2 unspecified atom stereocenters. The molecule has 0 aliphatic carbocycles. The number of likely N-dealkylation sites (tertiary alicyclic amines) is 2. The average Bonchev–Trinajstić information content (AvgIpc) is 3.18. The topological polar surface area (TPSA) is 54.9 Å². The minimum Gasteiger partial charge on any atom is -0.480 e. The standard InChI is InChI=1S/C24H29N3O3/c1-26-10-8-18(14-29-15-19-5-4-9-25-13-19)12-24(26)16-27(17-24)23(28)22-11-20-6-2-3-7-21(20)30-22/h2-7,9,13,18,22H,8,10-12,14-17H2,1H3. The molecule has 0 saturated carbocycles. The van der Waals surface area contributed by atoms with Crippen molar-refractivity contribution in [3.63, 3.8) is 0 Å². The fourth-order valence-corrected chi connectivity index (χ4v) is 5.09. The Morgan fingerprint density at radius 2 is 2.13 bits per heavy atom. The van der Waals surface area contributed by atoms with Crippen molar-refractivity contribution < 1.29 is 14.3 Å². The van der Waals surface area contributed by atoms with Crippen LogP contribution in [0.15, 0.2) is 48.8 Å². The highest BCUT2D eigenvalue weighted by Crippen LogP contribution is 2.39. The van der Waals surface area contributed by atoms with E-state index in [1.165, 1.54) is 0 Å². The van der Waals surface area contributed by atoms with Crippen LogP contribution in [-0.2, 0) is 22.6 Å². The van der Waals surface area contributed by atoms with E-state index in [2.05, 4.69) is 16.9 Å². The lowest BCUT2D eigenvalue weighted by Gasteiger charge is -2.58. The highest BCUT2D eigenvalue weighted by Gasteiger charge is 2.52. The molecule has 0 N–H and O–H groups in total. The van der Waals surface area contributed by atoms with Gasteiger partial charge in [0.05, 0.1) is 12.1 Å². The molecule has 2 atom stereocenters. The van der Waals surface area contributed by atoms with Gasteiger partial charge in [0.2, 0.25) is 0 Å². The fraction of sp³-hybridized carbons (Fsp3) is 0.500. The molecule has 2 aromatic rings. The van der Waals surface area contributed by atoms with Crippen molar-refractivity contribution in [3.05, 3.63) is 59.9 Å². The predicted octanol–water partition coefficient (Wildman–Crippen LogP) is 2.52. The molecule has 6 nitrogen and oxygen atoms in total. The Kier molecular flexibility index (Phi) is 5.21. The zero-order valence-corrected chi connectivity index (χ0v) is 17.5. The van der Waals surface area contributed by atoms with Crippen molar-refractivity contribution in [2.24, 2.45) is 5.92 Å². The average molecular weight is 408 g/mol. The number of fused-ring (bicyclic) bond motifs is 1. The summed E-state index contributed by atoms with van der Waals surface area (Å²) in [4.78, 5) is 21.6. The van der Waals surface area contributed by atoms with Gasteiger partial charge in [-0.3, -0.25) is 14.7 Å². The van der Waals surface area contributed by atoms with Gasteiger partial charge < -0.3 is 14.4 Å². The number of hydrogen-bond donors (Lipinski definition) is 0. The van der Waals surface area contributed by atoms with Crippen LogP contribution in [-0.4, -0.2) is 65.6 Å².